The number of nitrogens with zero attached hydrogens (tertiary/aromatic N) is 2. The molecule has 2 aromatic carbocycles. The molecule has 10 heteroatoms. The van der Waals surface area contributed by atoms with E-state index in [1.165, 1.54) is 32.9 Å². The summed E-state index contributed by atoms with van der Waals surface area (Å²) >= 11 is 7.17. The van der Waals surface area contributed by atoms with E-state index < -0.39 is 20.9 Å². The highest BCUT2D eigenvalue weighted by molar-refractivity contribution is 7.85. The molecule has 3 aromatic rings. The van der Waals surface area contributed by atoms with Gasteiger partial charge in [-0.15, -0.1) is 0 Å². The van der Waals surface area contributed by atoms with Gasteiger partial charge in [0.15, 0.2) is 0 Å². The topological polar surface area (TPSA) is 90.6 Å². The van der Waals surface area contributed by atoms with Gasteiger partial charge in [0.2, 0.25) is 5.52 Å². The van der Waals surface area contributed by atoms with E-state index in [2.05, 4.69) is 52.9 Å². The lowest BCUT2D eigenvalue weighted by Crippen LogP contribution is -2.33. The zero-order chi connectivity index (χ0) is 28.4. The second-order valence-corrected chi connectivity index (χ2v) is 12.8. The van der Waals surface area contributed by atoms with Crippen LogP contribution in [0, 0.1) is 6.92 Å². The lowest BCUT2D eigenvalue weighted by molar-refractivity contribution is -0.665. The SMILES string of the molecule is CC[n+]1c(/C=C/C=C/C=C2\N(CCCNC(=O)Cl)c3ccc(S(=O)(=O)O)cc3C2(C)C)sc2cc(C)ccc21. The number of hydrogen-bond donors (Lipinski definition) is 2. The van der Waals surface area contributed by atoms with E-state index in [-0.39, 0.29) is 4.90 Å². The molecule has 7 nitrogen and oxygen atoms in total. The Labute approximate surface area is 238 Å². The van der Waals surface area contributed by atoms with Gasteiger partial charge >= 0.3 is 5.37 Å². The predicted octanol–water partition coefficient (Wildman–Crippen LogP) is 6.35. The number of nitrogens with one attached hydrogen (secondary N) is 1. The first-order chi connectivity index (χ1) is 18.4. The number of amides is 1. The van der Waals surface area contributed by atoms with Gasteiger partial charge in [0, 0.05) is 42.0 Å². The lowest BCUT2D eigenvalue weighted by Gasteiger charge is -2.27. The third kappa shape index (κ3) is 6.27. The van der Waals surface area contributed by atoms with Gasteiger partial charge in [-0.1, -0.05) is 49.5 Å². The van der Waals surface area contributed by atoms with Crippen molar-refractivity contribution in [1.29, 1.82) is 0 Å². The number of anilines is 1. The second-order valence-electron chi connectivity index (χ2n) is 9.94. The van der Waals surface area contributed by atoms with Gasteiger partial charge in [-0.25, -0.2) is 0 Å². The van der Waals surface area contributed by atoms with Crippen LogP contribution in [0.2, 0.25) is 0 Å². The summed E-state index contributed by atoms with van der Waals surface area (Å²) in [6.45, 7) is 10.2. The molecule has 0 aliphatic carbocycles. The summed E-state index contributed by atoms with van der Waals surface area (Å²) in [5.41, 5.74) is 4.60. The van der Waals surface area contributed by atoms with Crippen molar-refractivity contribution in [3.05, 3.63) is 82.5 Å². The monoisotopic (exact) mass is 586 g/mol. The van der Waals surface area contributed by atoms with E-state index >= 15 is 0 Å². The fourth-order valence-corrected chi connectivity index (χ4v) is 6.83. The number of hydrogen-bond acceptors (Lipinski definition) is 5. The third-order valence-electron chi connectivity index (χ3n) is 6.90. The number of carbonyl (C=O) groups is 1. The number of carbonyl (C=O) groups excluding carboxylic acids is 1. The van der Waals surface area contributed by atoms with Crippen molar-refractivity contribution >= 4 is 60.4 Å². The number of aromatic nitrogens is 1. The van der Waals surface area contributed by atoms with E-state index in [0.29, 0.717) is 19.5 Å². The molecule has 0 spiro atoms. The number of thiazole rings is 1. The summed E-state index contributed by atoms with van der Waals surface area (Å²) < 4.78 is 36.8. The predicted molar refractivity (Wildman–Crippen MR) is 159 cm³/mol. The van der Waals surface area contributed by atoms with Gasteiger partial charge in [-0.3, -0.25) is 9.35 Å². The first-order valence-corrected chi connectivity index (χ1v) is 15.4. The van der Waals surface area contributed by atoms with Crippen molar-refractivity contribution in [2.75, 3.05) is 18.0 Å². The van der Waals surface area contributed by atoms with E-state index in [4.69, 9.17) is 11.6 Å². The smallest absolute Gasteiger partial charge is 0.313 e. The first-order valence-electron chi connectivity index (χ1n) is 12.7. The maximum atomic E-state index is 11.8. The Morgan fingerprint density at radius 1 is 1.18 bits per heavy atom. The standard InChI is InChI=1S/C29H32ClN3O4S2/c1-5-32-24-14-12-20(2)18-25(24)38-27(32)11-8-6-7-10-26-29(3,4)22-19-21(39(35,36)37)13-15-23(22)33(26)17-9-16-31-28(30)34/h6-8,10-15,18-19H,5,9,16-17H2,1-4H3,(H-,31,34,35,36,37)/p+1. The maximum absolute atomic E-state index is 11.8. The highest BCUT2D eigenvalue weighted by Gasteiger charge is 2.40. The van der Waals surface area contributed by atoms with Crippen LogP contribution < -0.4 is 14.8 Å². The van der Waals surface area contributed by atoms with Crippen LogP contribution in [-0.4, -0.2) is 31.4 Å². The van der Waals surface area contributed by atoms with Gasteiger partial charge < -0.3 is 10.2 Å². The Balaban J connectivity index is 1.63. The molecule has 1 aliphatic heterocycles. The molecule has 2 N–H and O–H groups in total. The highest BCUT2D eigenvalue weighted by atomic mass is 35.5. The van der Waals surface area contributed by atoms with Crippen molar-refractivity contribution in [3.8, 4) is 0 Å². The fraction of sp³-hybridized carbons (Fsp3) is 0.310. The Bertz CT molecular complexity index is 1600. The summed E-state index contributed by atoms with van der Waals surface area (Å²) in [6.07, 6.45) is 10.8. The van der Waals surface area contributed by atoms with Crippen LogP contribution in [0.3, 0.4) is 0 Å². The van der Waals surface area contributed by atoms with Crippen molar-refractivity contribution in [1.82, 2.24) is 5.32 Å². The first kappa shape index (κ1) is 29.0. The molecule has 0 radical (unpaired) electrons. The number of rotatable bonds is 9. The molecule has 0 unspecified atom stereocenters. The minimum atomic E-state index is -4.33. The molecule has 39 heavy (non-hydrogen) atoms. The number of fused-ring (bicyclic) bond motifs is 2. The van der Waals surface area contributed by atoms with Crippen LogP contribution in [-0.2, 0) is 22.1 Å². The summed E-state index contributed by atoms with van der Waals surface area (Å²) in [4.78, 5) is 13.1. The normalized spacial score (nSPS) is 16.2. The molecule has 1 aromatic heterocycles. The van der Waals surface area contributed by atoms with Crippen LogP contribution in [0.15, 0.2) is 71.3 Å². The minimum absolute atomic E-state index is 0.133. The van der Waals surface area contributed by atoms with E-state index in [9.17, 15) is 17.8 Å². The number of aryl methyl sites for hydroxylation is 2. The molecule has 2 heterocycles. The molecule has 1 aliphatic rings. The number of benzene rings is 2. The van der Waals surface area contributed by atoms with Crippen LogP contribution in [0.4, 0.5) is 10.5 Å². The van der Waals surface area contributed by atoms with Crippen LogP contribution >= 0.6 is 22.9 Å². The number of halogens is 1. The van der Waals surface area contributed by atoms with Crippen molar-refractivity contribution in [2.24, 2.45) is 0 Å². The Kier molecular flexibility index (Phi) is 8.66. The summed E-state index contributed by atoms with van der Waals surface area (Å²) in [6, 6.07) is 11.2. The molecule has 1 amide bonds. The number of allylic oxidation sites excluding steroid dienone is 5. The van der Waals surface area contributed by atoms with Crippen molar-refractivity contribution in [2.45, 2.75) is 51.0 Å². The van der Waals surface area contributed by atoms with Crippen LogP contribution in [0.1, 0.15) is 43.3 Å². The van der Waals surface area contributed by atoms with Gasteiger partial charge in [0.1, 0.15) is 11.2 Å². The Hall–Kier alpha value is -2.98. The second kappa shape index (κ2) is 11.6. The zero-order valence-corrected chi connectivity index (χ0v) is 24.8. The molecule has 0 bridgehead atoms. The zero-order valence-electron chi connectivity index (χ0n) is 22.4. The molecule has 0 atom stereocenters. The van der Waals surface area contributed by atoms with Gasteiger partial charge in [0.25, 0.3) is 15.1 Å². The van der Waals surface area contributed by atoms with Crippen LogP contribution in [0.25, 0.3) is 16.3 Å². The Morgan fingerprint density at radius 3 is 2.64 bits per heavy atom. The Morgan fingerprint density at radius 2 is 1.95 bits per heavy atom. The van der Waals surface area contributed by atoms with E-state index in [1.807, 2.05) is 38.2 Å². The largest absolute Gasteiger partial charge is 0.344 e. The minimum Gasteiger partial charge on any atom is -0.344 e. The van der Waals surface area contributed by atoms with Crippen LogP contribution in [0.5, 0.6) is 0 Å². The summed E-state index contributed by atoms with van der Waals surface area (Å²) in [5.74, 6) is 0. The average Bonchev–Trinajstić information content (AvgIpc) is 3.31. The molecule has 0 saturated heterocycles. The third-order valence-corrected chi connectivity index (χ3v) is 9.00. The summed E-state index contributed by atoms with van der Waals surface area (Å²) in [5, 5.41) is 3.17. The average molecular weight is 587 g/mol. The molecular formula is C29H33ClN3O4S2+. The molecule has 0 saturated carbocycles. The lowest BCUT2D eigenvalue weighted by atomic mass is 9.83. The molecule has 206 valence electrons. The van der Waals surface area contributed by atoms with Gasteiger partial charge in [0.05, 0.1) is 4.90 Å². The van der Waals surface area contributed by atoms with E-state index in [1.54, 1.807) is 17.4 Å². The van der Waals surface area contributed by atoms with E-state index in [0.717, 1.165) is 23.5 Å². The van der Waals surface area contributed by atoms with Crippen molar-refractivity contribution < 1.29 is 22.3 Å². The summed E-state index contributed by atoms with van der Waals surface area (Å²) in [7, 11) is -4.33. The molecule has 4 rings (SSSR count). The maximum Gasteiger partial charge on any atom is 0.313 e. The quantitative estimate of drug-likeness (QED) is 0.0761. The van der Waals surface area contributed by atoms with Gasteiger partial charge in [-0.05, 0) is 73.3 Å². The highest BCUT2D eigenvalue weighted by Crippen LogP contribution is 2.48. The molecule has 0 fully saturated rings. The van der Waals surface area contributed by atoms with Crippen molar-refractivity contribution in [3.63, 3.8) is 0 Å². The molecular weight excluding hydrogens is 554 g/mol. The fourth-order valence-electron chi connectivity index (χ4n) is 4.99. The van der Waals surface area contributed by atoms with Gasteiger partial charge in [-0.2, -0.15) is 13.0 Å².